The van der Waals surface area contributed by atoms with Gasteiger partial charge in [0.15, 0.2) is 5.82 Å². The van der Waals surface area contributed by atoms with E-state index in [1.165, 1.54) is 6.20 Å². The molecule has 4 atom stereocenters. The standard InChI is InChI=1S/C55H64F3N13O6S2/c1-32(59-20-34-6-8-36(9-7-34)50-33(2)64-31-78-50)45-19-40(72)29-71(45)53(75)51(55(3,4)5)65-46(73)30-68-26-35(27-68)25-67-14-16-69(17-15-67)54-62-22-38(23-63-54)37-18-41-42(24-61-52(41)60-21-37)49(74)47-43(57)10-11-44(48(47)58)66-79(76,77)70-13-12-39(56)28-70/h6-11,18,21-24,31,35,39-40,45,51,59,66,72H,1,12-17,19-20,25-30H2,2-5H3,(H,60,61)(H,65,73)/t39-,40-,45+,51-/m1/s1. The van der Waals surface area contributed by atoms with E-state index in [4.69, 9.17) is 0 Å². The number of fused-ring (bicyclic) bond motifs is 1. The van der Waals surface area contributed by atoms with E-state index >= 15 is 8.78 Å². The van der Waals surface area contributed by atoms with Crippen molar-refractivity contribution in [2.24, 2.45) is 11.3 Å². The van der Waals surface area contributed by atoms with E-state index in [9.17, 15) is 32.3 Å². The number of anilines is 2. The van der Waals surface area contributed by atoms with Crippen LogP contribution in [-0.4, -0.2) is 171 Å². The quantitative estimate of drug-likeness (QED) is 0.0670. The number of ketones is 1. The van der Waals surface area contributed by atoms with E-state index in [1.54, 1.807) is 40.9 Å². The fourth-order valence-electron chi connectivity index (χ4n) is 10.8. The van der Waals surface area contributed by atoms with Gasteiger partial charge in [0.05, 0.1) is 46.0 Å². The van der Waals surface area contributed by atoms with Crippen LogP contribution >= 0.6 is 11.3 Å². The lowest BCUT2D eigenvalue weighted by molar-refractivity contribution is -0.140. The number of alkyl halides is 1. The smallest absolute Gasteiger partial charge is 0.301 e. The number of thiazole rings is 1. The number of nitrogens with one attached hydrogen (secondary N) is 4. The third-order valence-corrected chi connectivity index (χ3v) is 17.6. The van der Waals surface area contributed by atoms with Crippen LogP contribution in [0.25, 0.3) is 32.6 Å². The van der Waals surface area contributed by atoms with Gasteiger partial charge >= 0.3 is 10.2 Å². The summed E-state index contributed by atoms with van der Waals surface area (Å²) in [4.78, 5) is 71.9. The van der Waals surface area contributed by atoms with E-state index in [0.29, 0.717) is 54.7 Å². The summed E-state index contributed by atoms with van der Waals surface area (Å²) < 4.78 is 73.3. The van der Waals surface area contributed by atoms with Gasteiger partial charge in [-0.25, -0.2) is 33.1 Å². The van der Waals surface area contributed by atoms with Crippen LogP contribution in [0.5, 0.6) is 0 Å². The van der Waals surface area contributed by atoms with Crippen LogP contribution in [0.4, 0.5) is 24.8 Å². The number of carbonyl (C=O) groups excluding carboxylic acids is 3. The molecule has 4 aliphatic rings. The van der Waals surface area contributed by atoms with Crippen LogP contribution in [-0.2, 0) is 26.3 Å². The molecule has 0 bridgehead atoms. The number of aliphatic hydroxyl groups is 1. The number of H-pyrrole nitrogens is 1. The highest BCUT2D eigenvalue weighted by molar-refractivity contribution is 7.90. The molecule has 19 nitrogen and oxygen atoms in total. The molecule has 10 rings (SSSR count). The summed E-state index contributed by atoms with van der Waals surface area (Å²) in [6, 6.07) is 10.3. The van der Waals surface area contributed by atoms with Crippen molar-refractivity contribution in [2.75, 3.05) is 81.6 Å². The number of aromatic amines is 1. The molecule has 2 aromatic carbocycles. The summed E-state index contributed by atoms with van der Waals surface area (Å²) >= 11 is 1.61. The lowest BCUT2D eigenvalue weighted by atomic mass is 9.85. The Balaban J connectivity index is 0.682. The average Bonchev–Trinajstić information content (AvgIpc) is 4.35. The summed E-state index contributed by atoms with van der Waals surface area (Å²) in [5.74, 6) is -3.22. The van der Waals surface area contributed by atoms with Gasteiger partial charge in [0.25, 0.3) is 0 Å². The third kappa shape index (κ3) is 12.2. The number of likely N-dealkylation sites (tertiary alicyclic amines) is 2. The van der Waals surface area contributed by atoms with E-state index in [0.717, 1.165) is 70.9 Å². The molecule has 79 heavy (non-hydrogen) atoms. The predicted molar refractivity (Wildman–Crippen MR) is 295 cm³/mol. The molecule has 5 N–H and O–H groups in total. The van der Waals surface area contributed by atoms with E-state index < -0.39 is 75.2 Å². The summed E-state index contributed by atoms with van der Waals surface area (Å²) in [5.41, 5.74) is 4.69. The Hall–Kier alpha value is -6.83. The minimum Gasteiger partial charge on any atom is -0.391 e. The van der Waals surface area contributed by atoms with Gasteiger partial charge in [0.2, 0.25) is 23.5 Å². The van der Waals surface area contributed by atoms with Gasteiger partial charge in [-0.2, -0.15) is 12.7 Å². The van der Waals surface area contributed by atoms with Crippen molar-refractivity contribution in [1.82, 2.24) is 54.6 Å². The van der Waals surface area contributed by atoms with Gasteiger partial charge in [0, 0.05) is 131 Å². The van der Waals surface area contributed by atoms with Crippen LogP contribution in [0.1, 0.15) is 60.8 Å². The summed E-state index contributed by atoms with van der Waals surface area (Å²) in [7, 11) is -4.38. The minimum absolute atomic E-state index is 0.0113. The van der Waals surface area contributed by atoms with Crippen molar-refractivity contribution < 1.29 is 41.1 Å². The van der Waals surface area contributed by atoms with E-state index in [1.807, 2.05) is 37.9 Å². The maximum Gasteiger partial charge on any atom is 0.301 e. The number of aromatic nitrogens is 5. The number of nitrogens with zero attached hydrogens (tertiary/aromatic N) is 9. The van der Waals surface area contributed by atoms with Crippen molar-refractivity contribution in [1.29, 1.82) is 0 Å². The molecule has 4 saturated heterocycles. The highest BCUT2D eigenvalue weighted by Gasteiger charge is 2.44. The summed E-state index contributed by atoms with van der Waals surface area (Å²) in [6.07, 6.45) is 4.37. The van der Waals surface area contributed by atoms with E-state index in [-0.39, 0.29) is 54.5 Å². The van der Waals surface area contributed by atoms with Crippen molar-refractivity contribution in [2.45, 2.75) is 71.4 Å². The molecule has 0 unspecified atom stereocenters. The van der Waals surface area contributed by atoms with Gasteiger partial charge < -0.3 is 30.5 Å². The first-order valence-electron chi connectivity index (χ1n) is 26.3. The van der Waals surface area contributed by atoms with Gasteiger partial charge in [-0.3, -0.25) is 28.9 Å². The first kappa shape index (κ1) is 55.5. The number of halogens is 3. The number of hydrogen-bond acceptors (Lipinski definition) is 15. The Morgan fingerprint density at radius 2 is 1.63 bits per heavy atom. The first-order valence-corrected chi connectivity index (χ1v) is 28.6. The Morgan fingerprint density at radius 1 is 0.911 bits per heavy atom. The molecule has 4 aromatic heterocycles. The lowest BCUT2D eigenvalue weighted by Crippen LogP contribution is -2.60. The monoisotopic (exact) mass is 1120 g/mol. The number of β-amino-alcohol motifs (C(OH)–C–C–N with tert-alkyl or cyclic N) is 1. The second kappa shape index (κ2) is 22.7. The molecule has 4 fully saturated rings. The normalized spacial score (nSPS) is 20.1. The van der Waals surface area contributed by atoms with Crippen molar-refractivity contribution in [3.05, 3.63) is 119 Å². The average molecular weight is 1120 g/mol. The summed E-state index contributed by atoms with van der Waals surface area (Å²) in [6.45, 7) is 17.7. The number of pyridine rings is 1. The Bertz CT molecular complexity index is 3360. The van der Waals surface area contributed by atoms with Gasteiger partial charge in [0.1, 0.15) is 23.7 Å². The zero-order valence-corrected chi connectivity index (χ0v) is 46.0. The molecular formula is C55H64F3N13O6S2. The second-order valence-electron chi connectivity index (χ2n) is 22.0. The first-order chi connectivity index (χ1) is 37.7. The van der Waals surface area contributed by atoms with E-state index in [2.05, 4.69) is 81.1 Å². The van der Waals surface area contributed by atoms with Crippen LogP contribution < -0.4 is 20.3 Å². The Kier molecular flexibility index (Phi) is 16.0. The molecule has 0 radical (unpaired) electrons. The van der Waals surface area contributed by atoms with Crippen LogP contribution in [0.3, 0.4) is 0 Å². The molecule has 418 valence electrons. The number of aliphatic hydroxyl groups excluding tert-OH is 1. The number of carbonyl (C=O) groups is 3. The molecule has 0 aliphatic carbocycles. The molecule has 0 spiro atoms. The minimum atomic E-state index is -4.38. The zero-order valence-electron chi connectivity index (χ0n) is 44.4. The zero-order chi connectivity index (χ0) is 55.9. The largest absolute Gasteiger partial charge is 0.391 e. The fourth-order valence-corrected chi connectivity index (χ4v) is 12.9. The topological polar surface area (TPSA) is 225 Å². The van der Waals surface area contributed by atoms with Crippen LogP contribution in [0.2, 0.25) is 0 Å². The number of rotatable bonds is 18. The molecular weight excluding hydrogens is 1060 g/mol. The molecule has 8 heterocycles. The van der Waals surface area contributed by atoms with Crippen LogP contribution in [0.15, 0.2) is 85.0 Å². The number of amides is 2. The van der Waals surface area contributed by atoms with Crippen molar-refractivity contribution >= 4 is 61.8 Å². The SMILES string of the molecule is C=C(NCc1ccc(-c2scnc2C)cc1)[C@@H]1C[C@@H](O)CN1C(=O)[C@@H](NC(=O)CN1CC(CN2CCN(c3ncc(-c4cnc5[nH]cc(C(=O)c6c(F)ccc(NS(=O)(=O)N7CC[C@@H](F)C7)c6F)c5c4)cn3)CC2)C1)C(C)(C)C. The van der Waals surface area contributed by atoms with Gasteiger partial charge in [-0.05, 0) is 54.0 Å². The lowest BCUT2D eigenvalue weighted by Gasteiger charge is -2.43. The maximum atomic E-state index is 15.8. The summed E-state index contributed by atoms with van der Waals surface area (Å²) in [5, 5.41) is 17.5. The van der Waals surface area contributed by atoms with Gasteiger partial charge in [-0.15, -0.1) is 11.3 Å². The third-order valence-electron chi connectivity index (χ3n) is 15.2. The maximum absolute atomic E-state index is 15.8. The number of hydrogen-bond donors (Lipinski definition) is 5. The Morgan fingerprint density at radius 3 is 2.30 bits per heavy atom. The van der Waals surface area contributed by atoms with Gasteiger partial charge in [-0.1, -0.05) is 51.6 Å². The number of piperazine rings is 1. The van der Waals surface area contributed by atoms with Crippen molar-refractivity contribution in [3.8, 4) is 21.6 Å². The second-order valence-corrected chi connectivity index (χ2v) is 24.5. The highest BCUT2D eigenvalue weighted by Crippen LogP contribution is 2.33. The molecule has 0 saturated carbocycles. The Labute approximate surface area is 460 Å². The molecule has 4 aliphatic heterocycles. The number of aryl methyl sites for hydroxylation is 1. The molecule has 24 heteroatoms. The molecule has 2 amide bonds. The highest BCUT2D eigenvalue weighted by atomic mass is 32.2. The fraction of sp³-hybridized carbons (Fsp3) is 0.436. The predicted octanol–water partition coefficient (Wildman–Crippen LogP) is 5.51. The molecule has 6 aromatic rings. The number of benzene rings is 2. The van der Waals surface area contributed by atoms with Crippen molar-refractivity contribution in [3.63, 3.8) is 0 Å². The van der Waals surface area contributed by atoms with Crippen LogP contribution in [0, 0.1) is 29.9 Å².